The van der Waals surface area contributed by atoms with Crippen molar-refractivity contribution in [2.24, 2.45) is 0 Å². The lowest BCUT2D eigenvalue weighted by molar-refractivity contribution is 0.0706. The van der Waals surface area contributed by atoms with Crippen LogP contribution in [0.25, 0.3) is 0 Å². The van der Waals surface area contributed by atoms with Crippen LogP contribution in [0.4, 0.5) is 0 Å². The van der Waals surface area contributed by atoms with E-state index < -0.39 is 0 Å². The zero-order chi connectivity index (χ0) is 16.8. The van der Waals surface area contributed by atoms with Gasteiger partial charge in [0.1, 0.15) is 12.4 Å². The molecule has 1 aliphatic heterocycles. The number of aromatic nitrogens is 2. The number of likely N-dealkylation sites (tertiary alicyclic amines) is 1. The Labute approximate surface area is 141 Å². The van der Waals surface area contributed by atoms with Crippen LogP contribution < -0.4 is 4.74 Å². The SMILES string of the molecule is COCCOc1ccc(C(=O)N2CCC[C@H](c3ccn[nH]3)C2)cc1. The standard InChI is InChI=1S/C18H23N3O3/c1-23-11-12-24-16-6-4-14(5-7-16)18(22)21-10-2-3-15(13-21)17-8-9-19-20-17/h4-9,15H,2-3,10-13H2,1H3,(H,19,20)/t15-/m0/s1. The Hall–Kier alpha value is -2.34. The molecule has 0 bridgehead atoms. The molecular weight excluding hydrogens is 306 g/mol. The average molecular weight is 329 g/mol. The lowest BCUT2D eigenvalue weighted by Gasteiger charge is -2.32. The number of rotatable bonds is 6. The number of ether oxygens (including phenoxy) is 2. The molecule has 0 spiro atoms. The third kappa shape index (κ3) is 3.94. The van der Waals surface area contributed by atoms with Crippen molar-refractivity contribution in [3.05, 3.63) is 47.8 Å². The fourth-order valence-electron chi connectivity index (χ4n) is 3.03. The van der Waals surface area contributed by atoms with Crippen LogP contribution >= 0.6 is 0 Å². The number of hydrogen-bond donors (Lipinski definition) is 1. The van der Waals surface area contributed by atoms with Gasteiger partial charge in [0, 0.05) is 43.6 Å². The molecule has 1 aromatic carbocycles. The predicted molar refractivity (Wildman–Crippen MR) is 90.3 cm³/mol. The molecule has 1 aliphatic rings. The van der Waals surface area contributed by atoms with Gasteiger partial charge in [-0.05, 0) is 43.2 Å². The Morgan fingerprint density at radius 3 is 2.83 bits per heavy atom. The molecule has 0 radical (unpaired) electrons. The van der Waals surface area contributed by atoms with Gasteiger partial charge in [-0.1, -0.05) is 0 Å². The van der Waals surface area contributed by atoms with Crippen LogP contribution in [0.2, 0.25) is 0 Å². The van der Waals surface area contributed by atoms with Crippen LogP contribution in [0, 0.1) is 0 Å². The van der Waals surface area contributed by atoms with Gasteiger partial charge in [0.2, 0.25) is 0 Å². The van der Waals surface area contributed by atoms with Crippen molar-refractivity contribution in [2.45, 2.75) is 18.8 Å². The summed E-state index contributed by atoms with van der Waals surface area (Å²) in [6, 6.07) is 9.30. The number of benzene rings is 1. The molecule has 0 unspecified atom stereocenters. The predicted octanol–water partition coefficient (Wildman–Crippen LogP) is 2.45. The highest BCUT2D eigenvalue weighted by atomic mass is 16.5. The second kappa shape index (κ2) is 7.97. The van der Waals surface area contributed by atoms with Crippen molar-refractivity contribution < 1.29 is 14.3 Å². The van der Waals surface area contributed by atoms with Crippen LogP contribution in [-0.4, -0.2) is 54.4 Å². The molecule has 1 amide bonds. The highest BCUT2D eigenvalue weighted by Gasteiger charge is 2.26. The summed E-state index contributed by atoms with van der Waals surface area (Å²) in [4.78, 5) is 14.7. The molecule has 2 aromatic rings. The van der Waals surface area contributed by atoms with Crippen LogP contribution in [0.1, 0.15) is 34.8 Å². The molecule has 0 aliphatic carbocycles. The van der Waals surface area contributed by atoms with E-state index in [1.807, 2.05) is 35.2 Å². The first kappa shape index (κ1) is 16.5. The Balaban J connectivity index is 1.61. The van der Waals surface area contributed by atoms with E-state index in [4.69, 9.17) is 9.47 Å². The van der Waals surface area contributed by atoms with E-state index in [1.54, 1.807) is 13.3 Å². The number of piperidine rings is 1. The van der Waals surface area contributed by atoms with Crippen molar-refractivity contribution in [3.63, 3.8) is 0 Å². The number of H-pyrrole nitrogens is 1. The van der Waals surface area contributed by atoms with E-state index in [2.05, 4.69) is 10.2 Å². The number of nitrogens with zero attached hydrogens (tertiary/aromatic N) is 2. The summed E-state index contributed by atoms with van der Waals surface area (Å²) in [6.07, 6.45) is 3.85. The number of carbonyl (C=O) groups excluding carboxylic acids is 1. The number of nitrogens with one attached hydrogen (secondary N) is 1. The topological polar surface area (TPSA) is 67.5 Å². The van der Waals surface area contributed by atoms with E-state index in [1.165, 1.54) is 0 Å². The van der Waals surface area contributed by atoms with E-state index >= 15 is 0 Å². The molecule has 1 saturated heterocycles. The van der Waals surface area contributed by atoms with E-state index in [-0.39, 0.29) is 5.91 Å². The molecule has 1 atom stereocenters. The molecule has 128 valence electrons. The lowest BCUT2D eigenvalue weighted by atomic mass is 9.94. The third-order valence-corrected chi connectivity index (χ3v) is 4.33. The third-order valence-electron chi connectivity index (χ3n) is 4.33. The highest BCUT2D eigenvalue weighted by molar-refractivity contribution is 5.94. The summed E-state index contributed by atoms with van der Waals surface area (Å²) in [7, 11) is 1.64. The van der Waals surface area contributed by atoms with Crippen molar-refractivity contribution in [1.29, 1.82) is 0 Å². The molecule has 6 nitrogen and oxygen atoms in total. The van der Waals surface area contributed by atoms with E-state index in [0.29, 0.717) is 24.7 Å². The summed E-state index contributed by atoms with van der Waals surface area (Å²) in [5.41, 5.74) is 1.80. The van der Waals surface area contributed by atoms with Gasteiger partial charge in [-0.3, -0.25) is 9.89 Å². The minimum atomic E-state index is 0.0719. The van der Waals surface area contributed by atoms with Gasteiger partial charge in [-0.2, -0.15) is 5.10 Å². The molecule has 24 heavy (non-hydrogen) atoms. The van der Waals surface area contributed by atoms with Gasteiger partial charge in [-0.15, -0.1) is 0 Å². The van der Waals surface area contributed by atoms with Crippen LogP contribution in [-0.2, 0) is 4.74 Å². The molecular formula is C18H23N3O3. The summed E-state index contributed by atoms with van der Waals surface area (Å²) in [5, 5.41) is 7.04. The Morgan fingerprint density at radius 1 is 1.29 bits per heavy atom. The quantitative estimate of drug-likeness (QED) is 0.827. The monoisotopic (exact) mass is 329 g/mol. The fourth-order valence-corrected chi connectivity index (χ4v) is 3.03. The van der Waals surface area contributed by atoms with E-state index in [9.17, 15) is 4.79 Å². The maximum Gasteiger partial charge on any atom is 0.253 e. The van der Waals surface area contributed by atoms with Gasteiger partial charge in [0.25, 0.3) is 5.91 Å². The number of carbonyl (C=O) groups is 1. The Bertz CT molecular complexity index is 640. The number of amides is 1. The second-order valence-corrected chi connectivity index (χ2v) is 5.97. The Morgan fingerprint density at radius 2 is 2.12 bits per heavy atom. The van der Waals surface area contributed by atoms with Crippen molar-refractivity contribution in [2.75, 3.05) is 33.4 Å². The Kier molecular flexibility index (Phi) is 5.48. The van der Waals surface area contributed by atoms with Gasteiger partial charge >= 0.3 is 0 Å². The molecule has 6 heteroatoms. The van der Waals surface area contributed by atoms with E-state index in [0.717, 1.165) is 37.4 Å². The summed E-state index contributed by atoms with van der Waals surface area (Å²) in [6.45, 7) is 2.58. The fraction of sp³-hybridized carbons (Fsp3) is 0.444. The summed E-state index contributed by atoms with van der Waals surface area (Å²) < 4.78 is 10.5. The minimum Gasteiger partial charge on any atom is -0.491 e. The smallest absolute Gasteiger partial charge is 0.253 e. The summed E-state index contributed by atoms with van der Waals surface area (Å²) >= 11 is 0. The van der Waals surface area contributed by atoms with Gasteiger partial charge in [-0.25, -0.2) is 0 Å². The van der Waals surface area contributed by atoms with Crippen LogP contribution in [0.5, 0.6) is 5.75 Å². The number of methoxy groups -OCH3 is 1. The zero-order valence-electron chi connectivity index (χ0n) is 13.9. The normalized spacial score (nSPS) is 17.7. The molecule has 1 aromatic heterocycles. The first-order valence-corrected chi connectivity index (χ1v) is 8.28. The summed E-state index contributed by atoms with van der Waals surface area (Å²) in [5.74, 6) is 1.15. The van der Waals surface area contributed by atoms with Gasteiger partial charge < -0.3 is 14.4 Å². The van der Waals surface area contributed by atoms with Gasteiger partial charge in [0.05, 0.1) is 6.61 Å². The minimum absolute atomic E-state index is 0.0719. The maximum atomic E-state index is 12.7. The second-order valence-electron chi connectivity index (χ2n) is 5.97. The molecule has 3 rings (SSSR count). The zero-order valence-corrected chi connectivity index (χ0v) is 13.9. The van der Waals surface area contributed by atoms with Gasteiger partial charge in [0.15, 0.2) is 0 Å². The maximum absolute atomic E-state index is 12.7. The first-order chi connectivity index (χ1) is 11.8. The number of hydrogen-bond acceptors (Lipinski definition) is 4. The molecule has 0 saturated carbocycles. The molecule has 2 heterocycles. The largest absolute Gasteiger partial charge is 0.491 e. The average Bonchev–Trinajstić information content (AvgIpc) is 3.17. The van der Waals surface area contributed by atoms with Crippen LogP contribution in [0.15, 0.2) is 36.5 Å². The lowest BCUT2D eigenvalue weighted by Crippen LogP contribution is -2.39. The van der Waals surface area contributed by atoms with Crippen molar-refractivity contribution >= 4 is 5.91 Å². The molecule has 1 N–H and O–H groups in total. The molecule has 1 fully saturated rings. The van der Waals surface area contributed by atoms with Crippen molar-refractivity contribution in [1.82, 2.24) is 15.1 Å². The first-order valence-electron chi connectivity index (χ1n) is 8.28. The van der Waals surface area contributed by atoms with Crippen LogP contribution in [0.3, 0.4) is 0 Å². The number of aromatic amines is 1. The van der Waals surface area contributed by atoms with Crippen molar-refractivity contribution in [3.8, 4) is 5.75 Å². The highest BCUT2D eigenvalue weighted by Crippen LogP contribution is 2.26.